The van der Waals surface area contributed by atoms with Gasteiger partial charge in [-0.3, -0.25) is 9.80 Å². The van der Waals surface area contributed by atoms with Gasteiger partial charge in [0.15, 0.2) is 10.9 Å². The fraction of sp³-hybridized carbons (Fsp3) is 0.231. The van der Waals surface area contributed by atoms with Crippen LogP contribution in [0.25, 0.3) is 21.8 Å². The minimum absolute atomic E-state index is 0.105. The predicted molar refractivity (Wildman–Crippen MR) is 148 cm³/mol. The highest BCUT2D eigenvalue weighted by Gasteiger charge is 2.33. The van der Waals surface area contributed by atoms with E-state index in [2.05, 4.69) is 14.9 Å². The first-order valence-corrected chi connectivity index (χ1v) is 13.2. The first-order chi connectivity index (χ1) is 18.5. The quantitative estimate of drug-likeness (QED) is 0.375. The molecule has 2 fully saturated rings. The maximum atomic E-state index is 16.3. The Morgan fingerprint density at radius 3 is 2.50 bits per heavy atom. The van der Waals surface area contributed by atoms with Gasteiger partial charge in [0.05, 0.1) is 29.5 Å². The Bertz CT molecular complexity index is 1490. The molecule has 0 aliphatic carbocycles. The Hall–Kier alpha value is -3.80. The summed E-state index contributed by atoms with van der Waals surface area (Å²) in [6.45, 7) is 3.33. The monoisotopic (exact) mass is 551 g/mol. The summed E-state index contributed by atoms with van der Waals surface area (Å²) in [4.78, 5) is 32.3. The molecule has 0 bridgehead atoms. The Morgan fingerprint density at radius 2 is 1.74 bits per heavy atom. The molecule has 2 aromatic carbocycles. The molecule has 2 aliphatic rings. The van der Waals surface area contributed by atoms with Crippen molar-refractivity contribution in [1.29, 1.82) is 0 Å². The number of aromatic nitrogens is 3. The molecule has 0 atom stereocenters. The molecule has 4 aromatic rings. The molecule has 194 valence electrons. The molecule has 0 spiro atoms. The zero-order valence-corrected chi connectivity index (χ0v) is 21.8. The fourth-order valence-corrected chi connectivity index (χ4v) is 5.86. The lowest BCUT2D eigenvalue weighted by molar-refractivity contribution is 0.122. The van der Waals surface area contributed by atoms with Gasteiger partial charge in [-0.15, -0.1) is 0 Å². The number of nitrogens with zero attached hydrogens (tertiary/aromatic N) is 6. The topological polar surface area (TPSA) is 101 Å². The number of morpholine rings is 1. The van der Waals surface area contributed by atoms with E-state index in [1.165, 1.54) is 16.2 Å². The van der Waals surface area contributed by atoms with Crippen LogP contribution in [0.5, 0.6) is 0 Å². The zero-order chi connectivity index (χ0) is 26.2. The Balaban J connectivity index is 1.39. The van der Waals surface area contributed by atoms with Gasteiger partial charge in [0.2, 0.25) is 5.95 Å². The smallest absolute Gasteiger partial charge is 0.329 e. The number of benzene rings is 2. The summed E-state index contributed by atoms with van der Waals surface area (Å²) in [6, 6.07) is 13.5. The number of carbonyl (C=O) groups excluding carboxylic acids is 1. The Morgan fingerprint density at radius 1 is 0.974 bits per heavy atom. The van der Waals surface area contributed by atoms with Crippen molar-refractivity contribution in [2.24, 2.45) is 0 Å². The number of anilines is 4. The first-order valence-electron chi connectivity index (χ1n) is 12.1. The molecule has 2 N–H and O–H groups in total. The van der Waals surface area contributed by atoms with Crippen LogP contribution in [0.1, 0.15) is 0 Å². The summed E-state index contributed by atoms with van der Waals surface area (Å²) in [5.41, 5.74) is 8.11. The first kappa shape index (κ1) is 24.5. The van der Waals surface area contributed by atoms with Crippen molar-refractivity contribution in [3.8, 4) is 21.8 Å². The number of thiazole rings is 1. The third kappa shape index (κ3) is 4.53. The van der Waals surface area contributed by atoms with E-state index in [0.29, 0.717) is 71.9 Å². The lowest BCUT2D eigenvalue weighted by Crippen LogP contribution is -2.36. The standard InChI is InChI=1S/C26H23ClFN7O2S/c27-16-4-6-17(7-5-16)34-10-11-35(26(34)36)20-3-1-2-18(21(20)28)23-22(19-8-9-30-24(29)31-19)32-25(38-23)33-12-14-37-15-13-33/h1-9H,10-15H2,(H2,29,30,31). The highest BCUT2D eigenvalue weighted by Crippen LogP contribution is 2.43. The number of nitrogens with two attached hydrogens (primary N) is 1. The second-order valence-corrected chi connectivity index (χ2v) is 10.2. The molecule has 2 saturated heterocycles. The van der Waals surface area contributed by atoms with Crippen LogP contribution in [0.2, 0.25) is 5.02 Å². The molecular formula is C26H23ClFN7O2S. The van der Waals surface area contributed by atoms with Crippen LogP contribution in [0.15, 0.2) is 54.7 Å². The van der Waals surface area contributed by atoms with Gasteiger partial charge in [0.1, 0.15) is 5.69 Å². The van der Waals surface area contributed by atoms with E-state index in [1.54, 1.807) is 59.6 Å². The van der Waals surface area contributed by atoms with E-state index >= 15 is 4.39 Å². The van der Waals surface area contributed by atoms with Gasteiger partial charge >= 0.3 is 6.03 Å². The number of nitrogen functional groups attached to an aromatic ring is 1. The maximum absolute atomic E-state index is 16.3. The van der Waals surface area contributed by atoms with Crippen molar-refractivity contribution in [2.75, 3.05) is 59.8 Å². The average Bonchev–Trinajstić information content (AvgIpc) is 3.54. The van der Waals surface area contributed by atoms with E-state index in [-0.39, 0.29) is 17.7 Å². The summed E-state index contributed by atoms with van der Waals surface area (Å²) in [7, 11) is 0. The normalized spacial score (nSPS) is 15.9. The SMILES string of the molecule is Nc1nccc(-c2nc(N3CCOCC3)sc2-c2cccc(N3CCN(c4ccc(Cl)cc4)C3=O)c2F)n1. The van der Waals surface area contributed by atoms with E-state index in [1.807, 2.05) is 0 Å². The highest BCUT2D eigenvalue weighted by molar-refractivity contribution is 7.19. The van der Waals surface area contributed by atoms with E-state index in [0.717, 1.165) is 5.13 Å². The van der Waals surface area contributed by atoms with Crippen LogP contribution >= 0.6 is 22.9 Å². The molecule has 6 rings (SSSR count). The molecule has 0 radical (unpaired) electrons. The van der Waals surface area contributed by atoms with E-state index in [9.17, 15) is 4.79 Å². The van der Waals surface area contributed by atoms with Gasteiger partial charge < -0.3 is 15.4 Å². The number of rotatable bonds is 5. The summed E-state index contributed by atoms with van der Waals surface area (Å²) in [6.07, 6.45) is 1.55. The number of hydrogen-bond donors (Lipinski definition) is 1. The molecular weight excluding hydrogens is 529 g/mol. The number of carbonyl (C=O) groups is 1. The molecule has 0 unspecified atom stereocenters. The summed E-state index contributed by atoms with van der Waals surface area (Å²) in [5.74, 6) is -0.396. The van der Waals surface area contributed by atoms with Crippen LogP contribution in [0, 0.1) is 5.82 Å². The van der Waals surface area contributed by atoms with Crippen molar-refractivity contribution < 1.29 is 13.9 Å². The second kappa shape index (κ2) is 10.2. The van der Waals surface area contributed by atoms with Crippen molar-refractivity contribution in [3.05, 3.63) is 65.6 Å². The van der Waals surface area contributed by atoms with Gasteiger partial charge in [0.25, 0.3) is 0 Å². The van der Waals surface area contributed by atoms with Crippen molar-refractivity contribution in [3.63, 3.8) is 0 Å². The van der Waals surface area contributed by atoms with Crippen LogP contribution in [0.3, 0.4) is 0 Å². The molecule has 9 nitrogen and oxygen atoms in total. The van der Waals surface area contributed by atoms with Crippen LogP contribution in [0.4, 0.5) is 31.6 Å². The van der Waals surface area contributed by atoms with Crippen LogP contribution in [-0.4, -0.2) is 60.4 Å². The van der Waals surface area contributed by atoms with Crippen molar-refractivity contribution in [1.82, 2.24) is 15.0 Å². The van der Waals surface area contributed by atoms with Crippen LogP contribution < -0.4 is 20.4 Å². The number of ether oxygens (including phenoxy) is 1. The Kier molecular flexibility index (Phi) is 6.56. The van der Waals surface area contributed by atoms with Gasteiger partial charge in [0, 0.05) is 48.6 Å². The lowest BCUT2D eigenvalue weighted by atomic mass is 10.1. The largest absolute Gasteiger partial charge is 0.378 e. The third-order valence-corrected chi connectivity index (χ3v) is 7.88. The third-order valence-electron chi connectivity index (χ3n) is 6.48. The number of amides is 2. The minimum atomic E-state index is -0.501. The Labute approximate surface area is 227 Å². The molecule has 12 heteroatoms. The molecule has 2 amide bonds. The van der Waals surface area contributed by atoms with E-state index in [4.69, 9.17) is 27.1 Å². The van der Waals surface area contributed by atoms with E-state index < -0.39 is 5.82 Å². The molecule has 2 aliphatic heterocycles. The predicted octanol–water partition coefficient (Wildman–Crippen LogP) is 4.93. The summed E-state index contributed by atoms with van der Waals surface area (Å²) in [5, 5.41) is 1.32. The summed E-state index contributed by atoms with van der Waals surface area (Å²) >= 11 is 7.38. The highest BCUT2D eigenvalue weighted by atomic mass is 35.5. The molecule has 4 heterocycles. The van der Waals surface area contributed by atoms with Gasteiger partial charge in [-0.1, -0.05) is 35.1 Å². The maximum Gasteiger partial charge on any atom is 0.329 e. The summed E-state index contributed by atoms with van der Waals surface area (Å²) < 4.78 is 21.7. The second-order valence-electron chi connectivity index (χ2n) is 8.77. The van der Waals surface area contributed by atoms with Crippen molar-refractivity contribution in [2.45, 2.75) is 0 Å². The zero-order valence-electron chi connectivity index (χ0n) is 20.2. The lowest BCUT2D eigenvalue weighted by Gasteiger charge is -2.26. The van der Waals surface area contributed by atoms with Crippen LogP contribution in [-0.2, 0) is 4.74 Å². The minimum Gasteiger partial charge on any atom is -0.378 e. The van der Waals surface area contributed by atoms with Crippen molar-refractivity contribution >= 4 is 51.4 Å². The van der Waals surface area contributed by atoms with Gasteiger partial charge in [-0.05, 0) is 36.4 Å². The molecule has 38 heavy (non-hydrogen) atoms. The van der Waals surface area contributed by atoms with Gasteiger partial charge in [-0.2, -0.15) is 0 Å². The fourth-order valence-electron chi connectivity index (χ4n) is 4.59. The molecule has 2 aromatic heterocycles. The number of halogens is 2. The average molecular weight is 552 g/mol. The molecule has 0 saturated carbocycles. The number of urea groups is 1. The van der Waals surface area contributed by atoms with Gasteiger partial charge in [-0.25, -0.2) is 24.1 Å². The number of hydrogen-bond acceptors (Lipinski definition) is 8.